The third-order valence-corrected chi connectivity index (χ3v) is 9.46. The standard InChI is InChI=1S/C37H22/c1-3-7-20(8-4-1)22-13-14-26-28(15-22)31-19-25-18-27(21-9-5-2-6-10-21)30-17-24-12-11-23-16-29(26)36-33(23)32(24)35(30)34(25)37(31)36/h1-15,18H,16-17,19H2. The van der Waals surface area contributed by atoms with Crippen molar-refractivity contribution < 1.29 is 0 Å². The van der Waals surface area contributed by atoms with Crippen LogP contribution in [-0.4, -0.2) is 0 Å². The molecular weight excluding hydrogens is 444 g/mol. The Labute approximate surface area is 214 Å². The molecule has 0 nitrogen and oxygen atoms in total. The molecule has 170 valence electrons. The van der Waals surface area contributed by atoms with Gasteiger partial charge in [0.25, 0.3) is 0 Å². The van der Waals surface area contributed by atoms with E-state index < -0.39 is 0 Å². The molecule has 7 aromatic rings. The quantitative estimate of drug-likeness (QED) is 0.176. The number of fused-ring (bicyclic) bond motifs is 3. The average Bonchev–Trinajstić information content (AvgIpc) is 3.64. The summed E-state index contributed by atoms with van der Waals surface area (Å²) in [5.41, 5.74) is 14.6. The highest BCUT2D eigenvalue weighted by atomic mass is 14.4. The second kappa shape index (κ2) is 6.28. The Morgan fingerprint density at radius 1 is 0.351 bits per heavy atom. The first kappa shape index (κ1) is 18.8. The predicted molar refractivity (Wildman–Crippen MR) is 156 cm³/mol. The maximum atomic E-state index is 2.54. The summed E-state index contributed by atoms with van der Waals surface area (Å²) in [5.74, 6) is 0. The first-order valence-corrected chi connectivity index (χ1v) is 13.4. The molecule has 0 unspecified atom stereocenters. The molecule has 7 aromatic carbocycles. The van der Waals surface area contributed by atoms with Gasteiger partial charge in [-0.15, -0.1) is 0 Å². The average molecular weight is 467 g/mol. The Bertz CT molecular complexity index is 2180. The fourth-order valence-electron chi connectivity index (χ4n) is 8.02. The van der Waals surface area contributed by atoms with E-state index in [0.717, 1.165) is 19.3 Å². The van der Waals surface area contributed by atoms with Gasteiger partial charge in [0.05, 0.1) is 0 Å². The SMILES string of the molecule is c1ccc(-c2ccc3c4c5c6c(ccc7c6c6c(c(-c8ccccc8)cc8c6c5c(c3c2)C8)C7)C4)cc1. The van der Waals surface area contributed by atoms with E-state index in [1.165, 1.54) is 49.7 Å². The van der Waals surface area contributed by atoms with Crippen molar-refractivity contribution in [3.63, 3.8) is 0 Å². The fourth-order valence-corrected chi connectivity index (χ4v) is 8.02. The summed E-state index contributed by atoms with van der Waals surface area (Å²) >= 11 is 0. The van der Waals surface area contributed by atoms with E-state index in [4.69, 9.17) is 0 Å². The summed E-state index contributed by atoms with van der Waals surface area (Å²) in [6.45, 7) is 0. The summed E-state index contributed by atoms with van der Waals surface area (Å²) in [6.07, 6.45) is 3.13. The van der Waals surface area contributed by atoms with Gasteiger partial charge in [-0.3, -0.25) is 0 Å². The summed E-state index contributed by atoms with van der Waals surface area (Å²) in [5, 5.41) is 12.3. The number of hydrogen-bond acceptors (Lipinski definition) is 0. The van der Waals surface area contributed by atoms with Crippen molar-refractivity contribution in [3.05, 3.63) is 130 Å². The van der Waals surface area contributed by atoms with Crippen LogP contribution in [0.5, 0.6) is 0 Å². The molecule has 0 bridgehead atoms. The van der Waals surface area contributed by atoms with Crippen molar-refractivity contribution in [2.75, 3.05) is 0 Å². The van der Waals surface area contributed by atoms with Gasteiger partial charge in [-0.05, 0) is 130 Å². The molecule has 37 heavy (non-hydrogen) atoms. The maximum absolute atomic E-state index is 2.54. The third-order valence-electron chi connectivity index (χ3n) is 9.46. The minimum Gasteiger partial charge on any atom is -0.0622 e. The second-order valence-corrected chi connectivity index (χ2v) is 11.2. The van der Waals surface area contributed by atoms with Gasteiger partial charge in [-0.2, -0.15) is 0 Å². The molecule has 0 atom stereocenters. The molecule has 0 saturated carbocycles. The molecule has 0 heterocycles. The van der Waals surface area contributed by atoms with Crippen LogP contribution in [0.2, 0.25) is 0 Å². The minimum absolute atomic E-state index is 1.03. The third kappa shape index (κ3) is 2.14. The van der Waals surface area contributed by atoms with Crippen molar-refractivity contribution in [2.24, 2.45) is 0 Å². The van der Waals surface area contributed by atoms with Gasteiger partial charge in [0.15, 0.2) is 0 Å². The van der Waals surface area contributed by atoms with Crippen molar-refractivity contribution in [1.82, 2.24) is 0 Å². The zero-order chi connectivity index (χ0) is 23.8. The van der Waals surface area contributed by atoms with Crippen molar-refractivity contribution in [2.45, 2.75) is 19.3 Å². The molecule has 0 saturated heterocycles. The molecular formula is C37H22. The van der Waals surface area contributed by atoms with Crippen LogP contribution in [0.4, 0.5) is 0 Å². The topological polar surface area (TPSA) is 0 Å². The van der Waals surface area contributed by atoms with Gasteiger partial charge in [0, 0.05) is 0 Å². The highest BCUT2D eigenvalue weighted by molar-refractivity contribution is 6.36. The molecule has 0 amide bonds. The van der Waals surface area contributed by atoms with Crippen LogP contribution < -0.4 is 0 Å². The fraction of sp³-hybridized carbons (Fsp3) is 0.0811. The molecule has 0 aliphatic heterocycles. The molecule has 3 aliphatic rings. The minimum atomic E-state index is 1.03. The van der Waals surface area contributed by atoms with Crippen LogP contribution in [0.3, 0.4) is 0 Å². The first-order valence-electron chi connectivity index (χ1n) is 13.4. The highest BCUT2D eigenvalue weighted by Crippen LogP contribution is 2.56. The lowest BCUT2D eigenvalue weighted by Crippen LogP contribution is -1.91. The van der Waals surface area contributed by atoms with Crippen LogP contribution in [0.1, 0.15) is 33.4 Å². The van der Waals surface area contributed by atoms with Gasteiger partial charge in [-0.25, -0.2) is 0 Å². The molecule has 0 N–H and O–H groups in total. The Morgan fingerprint density at radius 3 is 1.65 bits per heavy atom. The lowest BCUT2D eigenvalue weighted by molar-refractivity contribution is 1.24. The van der Waals surface area contributed by atoms with Crippen LogP contribution in [0.15, 0.2) is 97.1 Å². The van der Waals surface area contributed by atoms with Gasteiger partial charge >= 0.3 is 0 Å². The molecule has 0 heteroatoms. The smallest absolute Gasteiger partial charge is 0.000660 e. The lowest BCUT2D eigenvalue weighted by atomic mass is 9.89. The normalized spacial score (nSPS) is 14.2. The molecule has 0 spiro atoms. The Hall–Kier alpha value is -4.42. The van der Waals surface area contributed by atoms with Gasteiger partial charge in [0.1, 0.15) is 0 Å². The lowest BCUT2D eigenvalue weighted by Gasteiger charge is -2.14. The summed E-state index contributed by atoms with van der Waals surface area (Å²) in [4.78, 5) is 0. The molecule has 10 rings (SSSR count). The number of hydrogen-bond donors (Lipinski definition) is 0. The maximum Gasteiger partial charge on any atom is -0.000660 e. The Kier molecular flexibility index (Phi) is 3.19. The van der Waals surface area contributed by atoms with E-state index >= 15 is 0 Å². The van der Waals surface area contributed by atoms with E-state index in [9.17, 15) is 0 Å². The van der Waals surface area contributed by atoms with Crippen LogP contribution in [0, 0.1) is 0 Å². The zero-order valence-corrected chi connectivity index (χ0v) is 20.4. The molecule has 0 fully saturated rings. The van der Waals surface area contributed by atoms with Gasteiger partial charge < -0.3 is 0 Å². The van der Waals surface area contributed by atoms with Crippen LogP contribution >= 0.6 is 0 Å². The highest BCUT2D eigenvalue weighted by Gasteiger charge is 2.34. The van der Waals surface area contributed by atoms with Crippen molar-refractivity contribution >= 4 is 43.1 Å². The van der Waals surface area contributed by atoms with Gasteiger partial charge in [0.2, 0.25) is 0 Å². The van der Waals surface area contributed by atoms with E-state index in [0.29, 0.717) is 0 Å². The molecule has 0 radical (unpaired) electrons. The number of rotatable bonds is 2. The number of benzene rings is 7. The van der Waals surface area contributed by atoms with Crippen LogP contribution in [-0.2, 0) is 19.3 Å². The summed E-state index contributed by atoms with van der Waals surface area (Å²) in [6, 6.07) is 36.5. The first-order chi connectivity index (χ1) is 18.3. The second-order valence-electron chi connectivity index (χ2n) is 11.2. The van der Waals surface area contributed by atoms with E-state index in [1.54, 1.807) is 49.0 Å². The van der Waals surface area contributed by atoms with E-state index in [1.807, 2.05) is 0 Å². The predicted octanol–water partition coefficient (Wildman–Crippen LogP) is 9.35. The summed E-state index contributed by atoms with van der Waals surface area (Å²) in [7, 11) is 0. The van der Waals surface area contributed by atoms with Crippen molar-refractivity contribution in [1.29, 1.82) is 0 Å². The summed E-state index contributed by atoms with van der Waals surface area (Å²) < 4.78 is 0. The largest absolute Gasteiger partial charge is 0.0622 e. The monoisotopic (exact) mass is 466 g/mol. The molecule has 0 aromatic heterocycles. The van der Waals surface area contributed by atoms with Crippen molar-refractivity contribution in [3.8, 4) is 22.3 Å². The Balaban J connectivity index is 1.41. The van der Waals surface area contributed by atoms with Crippen LogP contribution in [0.25, 0.3) is 65.3 Å². The van der Waals surface area contributed by atoms with Gasteiger partial charge in [-0.1, -0.05) is 84.9 Å². The molecule has 3 aliphatic carbocycles. The van der Waals surface area contributed by atoms with E-state index in [-0.39, 0.29) is 0 Å². The van der Waals surface area contributed by atoms with E-state index in [2.05, 4.69) is 97.1 Å². The Morgan fingerprint density at radius 2 is 0.919 bits per heavy atom. The zero-order valence-electron chi connectivity index (χ0n) is 20.4.